The number of unbranched alkanes of at least 4 members (excludes halogenated alkanes) is 1. The van der Waals surface area contributed by atoms with Crippen molar-refractivity contribution >= 4 is 9.24 Å². The summed E-state index contributed by atoms with van der Waals surface area (Å²) < 4.78 is 5.89. The van der Waals surface area contributed by atoms with E-state index < -0.39 is 0 Å². The van der Waals surface area contributed by atoms with E-state index in [-0.39, 0.29) is 0 Å². The first kappa shape index (κ1) is 25.5. The second-order valence-corrected chi connectivity index (χ2v) is 11.6. The summed E-state index contributed by atoms with van der Waals surface area (Å²) in [5.41, 5.74) is 1.64. The van der Waals surface area contributed by atoms with E-state index in [0.29, 0.717) is 6.10 Å². The zero-order valence-corrected chi connectivity index (χ0v) is 21.9. The van der Waals surface area contributed by atoms with Crippen molar-refractivity contribution in [1.29, 1.82) is 0 Å². The predicted molar refractivity (Wildman–Crippen MR) is 140 cm³/mol. The molecule has 0 aliphatic heterocycles. The number of hydrogen-bond acceptors (Lipinski definition) is 1. The minimum Gasteiger partial charge on any atom is -0.379 e. The van der Waals surface area contributed by atoms with Gasteiger partial charge >= 0.3 is 0 Å². The topological polar surface area (TPSA) is 9.23 Å². The third kappa shape index (κ3) is 8.62. The molecular formula is C29H51OP. The van der Waals surface area contributed by atoms with Crippen molar-refractivity contribution in [2.45, 2.75) is 116 Å². The lowest BCUT2D eigenvalue weighted by molar-refractivity contribution is 0.0295. The molecule has 0 aromatic heterocycles. The van der Waals surface area contributed by atoms with Gasteiger partial charge in [-0.2, -0.15) is 0 Å². The maximum atomic E-state index is 5.89. The van der Waals surface area contributed by atoms with E-state index in [9.17, 15) is 0 Å². The van der Waals surface area contributed by atoms with Gasteiger partial charge in [0.25, 0.3) is 0 Å². The van der Waals surface area contributed by atoms with Crippen LogP contribution in [0.3, 0.4) is 0 Å². The molecule has 0 N–H and O–H groups in total. The summed E-state index contributed by atoms with van der Waals surface area (Å²) in [4.78, 5) is 0. The molecule has 0 heterocycles. The highest BCUT2D eigenvalue weighted by Crippen LogP contribution is 2.42. The van der Waals surface area contributed by atoms with Crippen LogP contribution in [0.5, 0.6) is 0 Å². The Balaban J connectivity index is 1.43. The third-order valence-corrected chi connectivity index (χ3v) is 9.14. The summed E-state index contributed by atoms with van der Waals surface area (Å²) in [7, 11) is 2.88. The maximum Gasteiger partial charge on any atom is 0.0575 e. The van der Waals surface area contributed by atoms with Crippen LogP contribution in [0.2, 0.25) is 0 Å². The zero-order chi connectivity index (χ0) is 21.9. The van der Waals surface area contributed by atoms with Crippen molar-refractivity contribution in [1.82, 2.24) is 0 Å². The van der Waals surface area contributed by atoms with Gasteiger partial charge < -0.3 is 4.74 Å². The summed E-state index contributed by atoms with van der Waals surface area (Å²) in [5.74, 6) is 4.81. The van der Waals surface area contributed by atoms with Crippen molar-refractivity contribution in [3.63, 3.8) is 0 Å². The van der Waals surface area contributed by atoms with E-state index in [1.807, 2.05) is 0 Å². The molecule has 3 rings (SSSR count). The van der Waals surface area contributed by atoms with Crippen LogP contribution in [0, 0.1) is 29.6 Å². The normalized spacial score (nSPS) is 35.5. The molecule has 3 aliphatic carbocycles. The standard InChI is InChI=1S/C29H51OP/c1-3-30-29-20-18-28(19-21-29)25(8-4-5-22-31)9-6-7-24-12-16-27(17-13-24)26-14-10-23(2)11-15-26/h6,8-9,23-24,26-29H,3-5,7,10-22,31H2,1-2H3/b9-6-,25-8?. The highest BCUT2D eigenvalue weighted by molar-refractivity contribution is 7.16. The number of ether oxygens (including phenoxy) is 1. The van der Waals surface area contributed by atoms with E-state index in [1.165, 1.54) is 102 Å². The van der Waals surface area contributed by atoms with Gasteiger partial charge in [-0.15, -0.1) is 9.24 Å². The van der Waals surface area contributed by atoms with Crippen molar-refractivity contribution in [3.05, 3.63) is 23.8 Å². The molecule has 1 atom stereocenters. The molecule has 0 aromatic carbocycles. The molecule has 0 radical (unpaired) electrons. The Morgan fingerprint density at radius 1 is 0.871 bits per heavy atom. The van der Waals surface area contributed by atoms with E-state index in [1.54, 1.807) is 5.57 Å². The first-order valence-electron chi connectivity index (χ1n) is 13.9. The second-order valence-electron chi connectivity index (χ2n) is 11.0. The maximum absolute atomic E-state index is 5.89. The summed E-state index contributed by atoms with van der Waals surface area (Å²) >= 11 is 0. The van der Waals surface area contributed by atoms with Gasteiger partial charge in [0.15, 0.2) is 0 Å². The molecule has 31 heavy (non-hydrogen) atoms. The Bertz CT molecular complexity index is 529. The molecule has 1 nitrogen and oxygen atoms in total. The van der Waals surface area contributed by atoms with E-state index in [0.717, 1.165) is 36.2 Å². The Labute approximate surface area is 196 Å². The highest BCUT2D eigenvalue weighted by atomic mass is 31.0. The Kier molecular flexibility index (Phi) is 11.7. The monoisotopic (exact) mass is 446 g/mol. The second kappa shape index (κ2) is 14.2. The van der Waals surface area contributed by atoms with Crippen LogP contribution in [0.1, 0.15) is 110 Å². The average molecular weight is 447 g/mol. The summed E-state index contributed by atoms with van der Waals surface area (Å²) in [5, 5.41) is 0. The van der Waals surface area contributed by atoms with Crippen LogP contribution in [0.25, 0.3) is 0 Å². The number of allylic oxidation sites excluding steroid dienone is 4. The van der Waals surface area contributed by atoms with Crippen molar-refractivity contribution in [2.75, 3.05) is 12.8 Å². The fraction of sp³-hybridized carbons (Fsp3) is 0.862. The van der Waals surface area contributed by atoms with Gasteiger partial charge in [0.1, 0.15) is 0 Å². The predicted octanol–water partition coefficient (Wildman–Crippen LogP) is 8.74. The molecular weight excluding hydrogens is 395 g/mol. The SMILES string of the molecule is CCOC1CCC(C(=CCCCP)/C=C\CC2CCC(C3CCC(C)CC3)CC2)CC1. The molecule has 1 unspecified atom stereocenters. The first-order valence-corrected chi connectivity index (χ1v) is 14.7. The molecule has 3 saturated carbocycles. The van der Waals surface area contributed by atoms with E-state index >= 15 is 0 Å². The first-order chi connectivity index (χ1) is 15.2. The van der Waals surface area contributed by atoms with Gasteiger partial charge in [-0.05, 0) is 132 Å². The van der Waals surface area contributed by atoms with Crippen LogP contribution < -0.4 is 0 Å². The van der Waals surface area contributed by atoms with Gasteiger partial charge in [-0.1, -0.05) is 38.0 Å². The quantitative estimate of drug-likeness (QED) is 0.185. The minimum atomic E-state index is 0.515. The zero-order valence-electron chi connectivity index (χ0n) is 20.7. The fourth-order valence-corrected chi connectivity index (χ4v) is 6.84. The van der Waals surface area contributed by atoms with Crippen molar-refractivity contribution in [3.8, 4) is 0 Å². The van der Waals surface area contributed by atoms with Gasteiger partial charge in [0.2, 0.25) is 0 Å². The number of hydrogen-bond donors (Lipinski definition) is 0. The summed E-state index contributed by atoms with van der Waals surface area (Å²) in [6.45, 7) is 5.45. The molecule has 0 aromatic rings. The number of rotatable bonds is 10. The summed E-state index contributed by atoms with van der Waals surface area (Å²) in [6.07, 6.45) is 30.3. The smallest absolute Gasteiger partial charge is 0.0575 e. The Hall–Kier alpha value is -0.130. The van der Waals surface area contributed by atoms with Crippen LogP contribution in [-0.2, 0) is 4.74 Å². The molecule has 178 valence electrons. The lowest BCUT2D eigenvalue weighted by atomic mass is 9.69. The summed E-state index contributed by atoms with van der Waals surface area (Å²) in [6, 6.07) is 0. The largest absolute Gasteiger partial charge is 0.379 e. The van der Waals surface area contributed by atoms with Crippen molar-refractivity contribution in [2.24, 2.45) is 29.6 Å². The molecule has 0 amide bonds. The van der Waals surface area contributed by atoms with Gasteiger partial charge in [-0.25, -0.2) is 0 Å². The van der Waals surface area contributed by atoms with Crippen LogP contribution in [-0.4, -0.2) is 18.9 Å². The van der Waals surface area contributed by atoms with Crippen LogP contribution in [0.15, 0.2) is 23.8 Å². The van der Waals surface area contributed by atoms with Gasteiger partial charge in [0, 0.05) is 6.61 Å². The molecule has 0 bridgehead atoms. The van der Waals surface area contributed by atoms with Gasteiger partial charge in [-0.3, -0.25) is 0 Å². The molecule has 3 fully saturated rings. The lowest BCUT2D eigenvalue weighted by Crippen LogP contribution is -2.25. The van der Waals surface area contributed by atoms with Crippen LogP contribution in [0.4, 0.5) is 0 Å². The fourth-order valence-electron chi connectivity index (χ4n) is 6.61. The third-order valence-electron chi connectivity index (χ3n) is 8.73. The highest BCUT2D eigenvalue weighted by Gasteiger charge is 2.29. The van der Waals surface area contributed by atoms with Crippen molar-refractivity contribution < 1.29 is 4.74 Å². The lowest BCUT2D eigenvalue weighted by Gasteiger charge is -2.37. The molecule has 0 spiro atoms. The molecule has 0 saturated heterocycles. The van der Waals surface area contributed by atoms with E-state index in [4.69, 9.17) is 4.74 Å². The average Bonchev–Trinajstić information content (AvgIpc) is 2.80. The molecule has 2 heteroatoms. The minimum absolute atomic E-state index is 0.515. The van der Waals surface area contributed by atoms with Gasteiger partial charge in [0.05, 0.1) is 6.10 Å². The molecule has 3 aliphatic rings. The Morgan fingerprint density at radius 3 is 2.13 bits per heavy atom. The Morgan fingerprint density at radius 2 is 1.52 bits per heavy atom. The van der Waals surface area contributed by atoms with E-state index in [2.05, 4.69) is 41.3 Å². The van der Waals surface area contributed by atoms with Crippen LogP contribution >= 0.6 is 9.24 Å².